The van der Waals surface area contributed by atoms with Gasteiger partial charge in [0.05, 0.1) is 29.4 Å². The van der Waals surface area contributed by atoms with Crippen molar-refractivity contribution in [3.05, 3.63) is 59.2 Å². The SMILES string of the molecule is N#Cc1cc(F)c(N2CCN(CC(=O)Nc3ccccc3C(F)(F)F)CC2)c(F)c1. The molecular formula is C20H17F5N4O. The number of anilines is 2. The molecule has 2 aromatic rings. The van der Waals surface area contributed by atoms with Gasteiger partial charge in [0.1, 0.15) is 5.69 Å². The van der Waals surface area contributed by atoms with Crippen LogP contribution in [0.15, 0.2) is 36.4 Å². The Bertz CT molecular complexity index is 955. The number of halogens is 5. The standard InChI is InChI=1S/C20H17F5N4O/c21-15-9-13(11-26)10-16(22)19(15)29-7-5-28(6-8-29)12-18(30)27-17-4-2-1-3-14(17)20(23,24)25/h1-4,9-10H,5-8,12H2,(H,27,30). The second-order valence-corrected chi connectivity index (χ2v) is 6.76. The highest BCUT2D eigenvalue weighted by Crippen LogP contribution is 2.34. The summed E-state index contributed by atoms with van der Waals surface area (Å²) in [6.07, 6.45) is -4.59. The van der Waals surface area contributed by atoms with E-state index in [-0.39, 0.29) is 49.7 Å². The minimum atomic E-state index is -4.59. The largest absolute Gasteiger partial charge is 0.418 e. The van der Waals surface area contributed by atoms with Crippen molar-refractivity contribution < 1.29 is 26.7 Å². The van der Waals surface area contributed by atoms with Gasteiger partial charge in [-0.1, -0.05) is 12.1 Å². The van der Waals surface area contributed by atoms with Gasteiger partial charge in [-0.2, -0.15) is 18.4 Å². The zero-order valence-corrected chi connectivity index (χ0v) is 15.6. The maximum atomic E-state index is 14.2. The van der Waals surface area contributed by atoms with E-state index >= 15 is 0 Å². The predicted octanol–water partition coefficient (Wildman–Crippen LogP) is 3.62. The number of piperazine rings is 1. The summed E-state index contributed by atoms with van der Waals surface area (Å²) >= 11 is 0. The lowest BCUT2D eigenvalue weighted by Gasteiger charge is -2.36. The number of para-hydroxylation sites is 1. The fraction of sp³-hybridized carbons (Fsp3) is 0.300. The van der Waals surface area contributed by atoms with E-state index in [1.165, 1.54) is 23.1 Å². The Morgan fingerprint density at radius 2 is 1.67 bits per heavy atom. The molecule has 1 aliphatic rings. The Morgan fingerprint density at radius 1 is 1.07 bits per heavy atom. The van der Waals surface area contributed by atoms with Crippen LogP contribution < -0.4 is 10.2 Å². The van der Waals surface area contributed by atoms with Crippen LogP contribution in [-0.2, 0) is 11.0 Å². The van der Waals surface area contributed by atoms with Gasteiger partial charge in [-0.15, -0.1) is 0 Å². The molecule has 0 radical (unpaired) electrons. The number of nitriles is 1. The molecule has 158 valence electrons. The van der Waals surface area contributed by atoms with Gasteiger partial charge in [0, 0.05) is 26.2 Å². The van der Waals surface area contributed by atoms with Crippen molar-refractivity contribution in [3.63, 3.8) is 0 Å². The van der Waals surface area contributed by atoms with E-state index in [0.717, 1.165) is 18.2 Å². The summed E-state index contributed by atoms with van der Waals surface area (Å²) in [4.78, 5) is 15.4. The van der Waals surface area contributed by atoms with Crippen LogP contribution in [0.5, 0.6) is 0 Å². The van der Waals surface area contributed by atoms with E-state index in [2.05, 4.69) is 5.32 Å². The lowest BCUT2D eigenvalue weighted by atomic mass is 10.1. The van der Waals surface area contributed by atoms with Crippen molar-refractivity contribution in [2.24, 2.45) is 0 Å². The van der Waals surface area contributed by atoms with Crippen molar-refractivity contribution in [1.82, 2.24) is 4.90 Å². The van der Waals surface area contributed by atoms with E-state index in [4.69, 9.17) is 5.26 Å². The summed E-state index contributed by atoms with van der Waals surface area (Å²) in [5.74, 6) is -2.31. The van der Waals surface area contributed by atoms with Gasteiger partial charge in [-0.05, 0) is 24.3 Å². The molecule has 3 rings (SSSR count). The molecule has 0 unspecified atom stereocenters. The number of rotatable bonds is 4. The molecule has 10 heteroatoms. The molecule has 1 aliphatic heterocycles. The number of carbonyl (C=O) groups is 1. The molecule has 1 N–H and O–H groups in total. The molecule has 0 bridgehead atoms. The minimum Gasteiger partial charge on any atom is -0.364 e. The molecule has 1 heterocycles. The van der Waals surface area contributed by atoms with Crippen molar-refractivity contribution in [2.45, 2.75) is 6.18 Å². The minimum absolute atomic E-state index is 0.122. The zero-order valence-electron chi connectivity index (χ0n) is 15.6. The van der Waals surface area contributed by atoms with Crippen molar-refractivity contribution in [3.8, 4) is 6.07 Å². The van der Waals surface area contributed by atoms with Crippen LogP contribution in [0.1, 0.15) is 11.1 Å². The monoisotopic (exact) mass is 424 g/mol. The molecule has 0 spiro atoms. The van der Waals surface area contributed by atoms with E-state index < -0.39 is 29.3 Å². The Balaban J connectivity index is 1.60. The molecular weight excluding hydrogens is 407 g/mol. The third-order valence-corrected chi connectivity index (χ3v) is 4.71. The fourth-order valence-electron chi connectivity index (χ4n) is 3.29. The van der Waals surface area contributed by atoms with Gasteiger partial charge < -0.3 is 10.2 Å². The summed E-state index contributed by atoms with van der Waals surface area (Å²) < 4.78 is 67.4. The number of nitrogens with zero attached hydrogens (tertiary/aromatic N) is 3. The molecule has 1 amide bonds. The van der Waals surface area contributed by atoms with Crippen molar-refractivity contribution in [1.29, 1.82) is 5.26 Å². The van der Waals surface area contributed by atoms with Gasteiger partial charge in [0.2, 0.25) is 5.91 Å². The Labute approximate surface area is 169 Å². The van der Waals surface area contributed by atoms with Crippen LogP contribution in [0.3, 0.4) is 0 Å². The number of alkyl halides is 3. The van der Waals surface area contributed by atoms with Gasteiger partial charge >= 0.3 is 6.18 Å². The lowest BCUT2D eigenvalue weighted by Crippen LogP contribution is -2.49. The lowest BCUT2D eigenvalue weighted by molar-refractivity contribution is -0.137. The first-order valence-electron chi connectivity index (χ1n) is 9.01. The van der Waals surface area contributed by atoms with Gasteiger partial charge in [0.15, 0.2) is 11.6 Å². The summed E-state index contributed by atoms with van der Waals surface area (Å²) in [5.41, 5.74) is -1.62. The number of benzene rings is 2. The van der Waals surface area contributed by atoms with Crippen molar-refractivity contribution >= 4 is 17.3 Å². The third kappa shape index (κ3) is 4.86. The van der Waals surface area contributed by atoms with Crippen LogP contribution in [0.2, 0.25) is 0 Å². The Kier molecular flexibility index (Phi) is 6.22. The molecule has 30 heavy (non-hydrogen) atoms. The summed E-state index contributed by atoms with van der Waals surface area (Å²) in [5, 5.41) is 11.0. The molecule has 0 atom stereocenters. The van der Waals surface area contributed by atoms with Crippen LogP contribution in [0.25, 0.3) is 0 Å². The number of nitrogens with one attached hydrogen (secondary N) is 1. The first-order chi connectivity index (χ1) is 14.2. The first kappa shape index (κ1) is 21.5. The third-order valence-electron chi connectivity index (χ3n) is 4.71. The van der Waals surface area contributed by atoms with Crippen LogP contribution in [0.4, 0.5) is 33.3 Å². The van der Waals surface area contributed by atoms with E-state index in [9.17, 15) is 26.7 Å². The van der Waals surface area contributed by atoms with E-state index in [1.54, 1.807) is 11.0 Å². The van der Waals surface area contributed by atoms with Gasteiger partial charge in [0.25, 0.3) is 0 Å². The molecule has 0 aromatic heterocycles. The number of hydrogen-bond donors (Lipinski definition) is 1. The fourth-order valence-corrected chi connectivity index (χ4v) is 3.29. The summed E-state index contributed by atoms with van der Waals surface area (Å²) in [6.45, 7) is 0.844. The molecule has 1 fully saturated rings. The Hall–Kier alpha value is -3.19. The average molecular weight is 424 g/mol. The van der Waals surface area contributed by atoms with Crippen LogP contribution >= 0.6 is 0 Å². The predicted molar refractivity (Wildman–Crippen MR) is 99.8 cm³/mol. The maximum absolute atomic E-state index is 14.2. The van der Waals surface area contributed by atoms with Gasteiger partial charge in [-0.3, -0.25) is 9.69 Å². The van der Waals surface area contributed by atoms with Crippen molar-refractivity contribution in [2.75, 3.05) is 42.9 Å². The highest BCUT2D eigenvalue weighted by Gasteiger charge is 2.33. The normalized spacial score (nSPS) is 15.0. The number of hydrogen-bond acceptors (Lipinski definition) is 4. The number of amides is 1. The second kappa shape index (κ2) is 8.67. The average Bonchev–Trinajstić information content (AvgIpc) is 2.68. The smallest absolute Gasteiger partial charge is 0.364 e. The molecule has 0 saturated carbocycles. The van der Waals surface area contributed by atoms with Crippen LogP contribution in [0, 0.1) is 23.0 Å². The topological polar surface area (TPSA) is 59.4 Å². The highest BCUT2D eigenvalue weighted by molar-refractivity contribution is 5.93. The first-order valence-corrected chi connectivity index (χ1v) is 9.01. The summed E-state index contributed by atoms with van der Waals surface area (Å²) in [6, 6.07) is 8.28. The maximum Gasteiger partial charge on any atom is 0.418 e. The van der Waals surface area contributed by atoms with Gasteiger partial charge in [-0.25, -0.2) is 8.78 Å². The molecule has 2 aromatic carbocycles. The summed E-state index contributed by atoms with van der Waals surface area (Å²) in [7, 11) is 0. The highest BCUT2D eigenvalue weighted by atomic mass is 19.4. The second-order valence-electron chi connectivity index (χ2n) is 6.76. The molecule has 0 aliphatic carbocycles. The molecule has 5 nitrogen and oxygen atoms in total. The van der Waals surface area contributed by atoms with E-state index in [1.807, 2.05) is 0 Å². The van der Waals surface area contributed by atoms with Crippen LogP contribution in [-0.4, -0.2) is 43.5 Å². The number of carbonyl (C=O) groups excluding carboxylic acids is 1. The zero-order chi connectivity index (χ0) is 21.9. The molecule has 1 saturated heterocycles. The quantitative estimate of drug-likeness (QED) is 0.762. The Morgan fingerprint density at radius 3 is 2.23 bits per heavy atom. The van der Waals surface area contributed by atoms with E-state index in [0.29, 0.717) is 0 Å².